The quantitative estimate of drug-likeness (QED) is 0.775. The number of aromatic hydroxyl groups is 1. The van der Waals surface area contributed by atoms with Crippen LogP contribution in [0.3, 0.4) is 0 Å². The molecule has 1 aromatic carbocycles. The van der Waals surface area contributed by atoms with Crippen LogP contribution in [0.1, 0.15) is 0 Å². The Morgan fingerprint density at radius 1 is 1.47 bits per heavy atom. The van der Waals surface area contributed by atoms with Crippen LogP contribution in [-0.4, -0.2) is 25.7 Å². The summed E-state index contributed by atoms with van der Waals surface area (Å²) in [5, 5.41) is 18.0. The summed E-state index contributed by atoms with van der Waals surface area (Å²) in [5.41, 5.74) is -0.539. The van der Waals surface area contributed by atoms with E-state index < -0.39 is 18.1 Å². The summed E-state index contributed by atoms with van der Waals surface area (Å²) in [6.07, 6.45) is 0. The molecule has 17 heavy (non-hydrogen) atoms. The molecule has 0 spiro atoms. The van der Waals surface area contributed by atoms with Gasteiger partial charge in [0.15, 0.2) is 0 Å². The lowest BCUT2D eigenvalue weighted by molar-refractivity contribution is -0.137. The number of aliphatic carboxylic acids is 1. The van der Waals surface area contributed by atoms with E-state index in [0.29, 0.717) is 0 Å². The van der Waals surface area contributed by atoms with Crippen molar-refractivity contribution in [3.8, 4) is 5.75 Å². The van der Waals surface area contributed by atoms with Crippen LogP contribution in [0, 0.1) is 0 Å². The molecular formula is C10H7ClN2O4. The Morgan fingerprint density at radius 3 is 2.82 bits per heavy atom. The predicted molar refractivity (Wildman–Crippen MR) is 60.3 cm³/mol. The Labute approximate surface area is 99.7 Å². The van der Waals surface area contributed by atoms with Gasteiger partial charge < -0.3 is 10.2 Å². The lowest BCUT2D eigenvalue weighted by Crippen LogP contribution is -2.25. The van der Waals surface area contributed by atoms with Gasteiger partial charge in [0, 0.05) is 0 Å². The highest BCUT2D eigenvalue weighted by Gasteiger charge is 2.13. The number of phenols is 1. The van der Waals surface area contributed by atoms with Crippen molar-refractivity contribution in [2.45, 2.75) is 6.54 Å². The lowest BCUT2D eigenvalue weighted by atomic mass is 10.2. The second kappa shape index (κ2) is 4.06. The van der Waals surface area contributed by atoms with Gasteiger partial charge in [-0.1, -0.05) is 6.07 Å². The fourth-order valence-corrected chi connectivity index (χ4v) is 1.70. The van der Waals surface area contributed by atoms with Gasteiger partial charge in [-0.25, -0.2) is 4.98 Å². The van der Waals surface area contributed by atoms with Crippen molar-refractivity contribution in [3.63, 3.8) is 0 Å². The SMILES string of the molecule is O=C(O)Cn1c(Cl)nc2c(O)cccc2c1=O. The maximum Gasteiger partial charge on any atom is 0.323 e. The number of rotatable bonds is 2. The molecule has 0 saturated heterocycles. The normalized spacial score (nSPS) is 10.6. The van der Waals surface area contributed by atoms with Gasteiger partial charge in [0.05, 0.1) is 5.39 Å². The number of carbonyl (C=O) groups is 1. The average Bonchev–Trinajstić information content (AvgIpc) is 2.26. The first-order chi connectivity index (χ1) is 8.00. The molecule has 0 radical (unpaired) electrons. The van der Waals surface area contributed by atoms with Crippen molar-refractivity contribution in [1.29, 1.82) is 0 Å². The van der Waals surface area contributed by atoms with E-state index in [-0.39, 0.29) is 21.9 Å². The lowest BCUT2D eigenvalue weighted by Gasteiger charge is -2.07. The molecule has 1 heterocycles. The van der Waals surface area contributed by atoms with E-state index in [0.717, 1.165) is 4.57 Å². The minimum atomic E-state index is -1.20. The standard InChI is InChI=1S/C10H7ClN2O4/c11-10-12-8-5(2-1-3-6(8)14)9(17)13(10)4-7(15)16/h1-3,14H,4H2,(H,15,16). The second-order valence-corrected chi connectivity index (χ2v) is 3.68. The molecule has 7 heteroatoms. The van der Waals surface area contributed by atoms with E-state index in [1.165, 1.54) is 18.2 Å². The van der Waals surface area contributed by atoms with Crippen molar-refractivity contribution in [1.82, 2.24) is 9.55 Å². The zero-order chi connectivity index (χ0) is 12.6. The minimum absolute atomic E-state index is 0.0594. The molecule has 0 fully saturated rings. The third-order valence-corrected chi connectivity index (χ3v) is 2.50. The van der Waals surface area contributed by atoms with Crippen LogP contribution in [0.25, 0.3) is 10.9 Å². The Hall–Kier alpha value is -2.08. The molecule has 0 saturated carbocycles. The number of aromatic nitrogens is 2. The largest absolute Gasteiger partial charge is 0.506 e. The number of halogens is 1. The summed E-state index contributed by atoms with van der Waals surface area (Å²) < 4.78 is 0.825. The van der Waals surface area contributed by atoms with Crippen LogP contribution >= 0.6 is 11.6 Å². The van der Waals surface area contributed by atoms with E-state index in [1.54, 1.807) is 0 Å². The number of benzene rings is 1. The highest BCUT2D eigenvalue weighted by Crippen LogP contribution is 2.21. The summed E-state index contributed by atoms with van der Waals surface area (Å²) in [5.74, 6) is -1.38. The van der Waals surface area contributed by atoms with Crippen molar-refractivity contribution >= 4 is 28.5 Å². The molecule has 1 aromatic heterocycles. The molecule has 0 amide bonds. The molecule has 0 aliphatic heterocycles. The first-order valence-corrected chi connectivity index (χ1v) is 4.98. The molecule has 0 aliphatic carbocycles. The molecule has 6 nitrogen and oxygen atoms in total. The Morgan fingerprint density at radius 2 is 2.18 bits per heavy atom. The molecule has 2 N–H and O–H groups in total. The van der Waals surface area contributed by atoms with Gasteiger partial charge in [0.25, 0.3) is 5.56 Å². The number of carboxylic acids is 1. The first kappa shape index (κ1) is 11.4. The van der Waals surface area contributed by atoms with Crippen LogP contribution in [0.4, 0.5) is 0 Å². The Kier molecular flexibility index (Phi) is 2.72. The predicted octanol–water partition coefficient (Wildman–Crippen LogP) is 0.840. The highest BCUT2D eigenvalue weighted by atomic mass is 35.5. The van der Waals surface area contributed by atoms with Gasteiger partial charge in [0.1, 0.15) is 17.8 Å². The first-order valence-electron chi connectivity index (χ1n) is 4.60. The molecule has 0 atom stereocenters. The summed E-state index contributed by atoms with van der Waals surface area (Å²) in [7, 11) is 0. The van der Waals surface area contributed by atoms with Gasteiger partial charge in [0.2, 0.25) is 5.28 Å². The van der Waals surface area contributed by atoms with Crippen molar-refractivity contribution in [2.24, 2.45) is 0 Å². The number of fused-ring (bicyclic) bond motifs is 1. The second-order valence-electron chi connectivity index (χ2n) is 3.34. The molecule has 0 bridgehead atoms. The number of para-hydroxylation sites is 1. The van der Waals surface area contributed by atoms with Crippen molar-refractivity contribution in [2.75, 3.05) is 0 Å². The van der Waals surface area contributed by atoms with Crippen molar-refractivity contribution in [3.05, 3.63) is 33.8 Å². The fraction of sp³-hybridized carbons (Fsp3) is 0.100. The van der Waals surface area contributed by atoms with E-state index in [1.807, 2.05) is 0 Å². The number of hydrogen-bond acceptors (Lipinski definition) is 4. The summed E-state index contributed by atoms with van der Waals surface area (Å²) in [6.45, 7) is -0.573. The monoisotopic (exact) mass is 254 g/mol. The fourth-order valence-electron chi connectivity index (χ4n) is 1.48. The van der Waals surface area contributed by atoms with Crippen LogP contribution < -0.4 is 5.56 Å². The number of phenolic OH excluding ortho intramolecular Hbond substituents is 1. The average molecular weight is 255 g/mol. The van der Waals surface area contributed by atoms with Crippen LogP contribution in [0.2, 0.25) is 5.28 Å². The number of nitrogens with zero attached hydrogens (tertiary/aromatic N) is 2. The van der Waals surface area contributed by atoms with Crippen LogP contribution in [-0.2, 0) is 11.3 Å². The summed E-state index contributed by atoms with van der Waals surface area (Å²) in [6, 6.07) is 4.28. The summed E-state index contributed by atoms with van der Waals surface area (Å²) in [4.78, 5) is 26.3. The van der Waals surface area contributed by atoms with Crippen LogP contribution in [0.5, 0.6) is 5.75 Å². The Balaban J connectivity index is 2.81. The maximum absolute atomic E-state index is 11.9. The zero-order valence-corrected chi connectivity index (χ0v) is 9.18. The zero-order valence-electron chi connectivity index (χ0n) is 8.42. The molecule has 88 valence electrons. The van der Waals surface area contributed by atoms with Gasteiger partial charge in [-0.3, -0.25) is 14.2 Å². The molecule has 2 rings (SSSR count). The van der Waals surface area contributed by atoms with Crippen LogP contribution in [0.15, 0.2) is 23.0 Å². The van der Waals surface area contributed by atoms with E-state index in [2.05, 4.69) is 4.98 Å². The minimum Gasteiger partial charge on any atom is -0.506 e. The highest BCUT2D eigenvalue weighted by molar-refractivity contribution is 6.28. The smallest absolute Gasteiger partial charge is 0.323 e. The van der Waals surface area contributed by atoms with E-state index in [9.17, 15) is 14.7 Å². The topological polar surface area (TPSA) is 92.4 Å². The van der Waals surface area contributed by atoms with Crippen molar-refractivity contribution < 1.29 is 15.0 Å². The van der Waals surface area contributed by atoms with Gasteiger partial charge >= 0.3 is 5.97 Å². The number of carboxylic acid groups (broad SMARTS) is 1. The maximum atomic E-state index is 11.9. The number of hydrogen-bond donors (Lipinski definition) is 2. The third-order valence-electron chi connectivity index (χ3n) is 2.21. The van der Waals surface area contributed by atoms with E-state index >= 15 is 0 Å². The molecule has 2 aromatic rings. The molecule has 0 unspecified atom stereocenters. The molecule has 0 aliphatic rings. The summed E-state index contributed by atoms with van der Waals surface area (Å²) >= 11 is 5.70. The van der Waals surface area contributed by atoms with Gasteiger partial charge in [-0.2, -0.15) is 0 Å². The molecular weight excluding hydrogens is 248 g/mol. The van der Waals surface area contributed by atoms with E-state index in [4.69, 9.17) is 16.7 Å². The van der Waals surface area contributed by atoms with Gasteiger partial charge in [-0.15, -0.1) is 0 Å². The van der Waals surface area contributed by atoms with Gasteiger partial charge in [-0.05, 0) is 23.7 Å². The Bertz CT molecular complexity index is 665. The third kappa shape index (κ3) is 1.94.